The van der Waals surface area contributed by atoms with Crippen molar-refractivity contribution in [3.05, 3.63) is 18.6 Å². The highest BCUT2D eigenvalue weighted by Crippen LogP contribution is 1.97. The molecule has 0 aromatic carbocycles. The standard InChI is InChI=1S/C6H7BN2O2/c1-2-8-5-9-6(1)7-10-3-4-11-7/h1-2,5H,3-4H2. The second-order valence-corrected chi connectivity index (χ2v) is 2.21. The van der Waals surface area contributed by atoms with Gasteiger partial charge in [0.1, 0.15) is 6.33 Å². The Kier molecular flexibility index (Phi) is 1.83. The molecule has 1 aliphatic heterocycles. The third kappa shape index (κ3) is 1.39. The first-order chi connectivity index (χ1) is 5.47. The maximum atomic E-state index is 5.23. The van der Waals surface area contributed by atoms with E-state index in [4.69, 9.17) is 9.31 Å². The van der Waals surface area contributed by atoms with Crippen molar-refractivity contribution < 1.29 is 9.31 Å². The van der Waals surface area contributed by atoms with Crippen LogP contribution in [0.5, 0.6) is 0 Å². The molecule has 1 aliphatic rings. The van der Waals surface area contributed by atoms with Crippen molar-refractivity contribution >= 4 is 12.7 Å². The van der Waals surface area contributed by atoms with Gasteiger partial charge in [0.2, 0.25) is 0 Å². The van der Waals surface area contributed by atoms with Crippen LogP contribution >= 0.6 is 0 Å². The summed E-state index contributed by atoms with van der Waals surface area (Å²) in [4.78, 5) is 7.79. The average Bonchev–Trinajstić information content (AvgIpc) is 2.58. The smallest absolute Gasteiger partial charge is 0.404 e. The van der Waals surface area contributed by atoms with Crippen LogP contribution in [0.2, 0.25) is 0 Å². The van der Waals surface area contributed by atoms with E-state index in [-0.39, 0.29) is 7.12 Å². The summed E-state index contributed by atoms with van der Waals surface area (Å²) < 4.78 is 10.5. The molecule has 2 rings (SSSR count). The van der Waals surface area contributed by atoms with Crippen molar-refractivity contribution in [2.24, 2.45) is 0 Å². The van der Waals surface area contributed by atoms with Crippen molar-refractivity contribution in [2.75, 3.05) is 13.2 Å². The van der Waals surface area contributed by atoms with Gasteiger partial charge in [0.25, 0.3) is 0 Å². The largest absolute Gasteiger partial charge is 0.513 e. The molecule has 0 bridgehead atoms. The Labute approximate surface area is 64.7 Å². The van der Waals surface area contributed by atoms with E-state index in [0.29, 0.717) is 13.2 Å². The second kappa shape index (κ2) is 2.98. The normalized spacial score (nSPS) is 17.3. The van der Waals surface area contributed by atoms with Gasteiger partial charge in [-0.25, -0.2) is 9.97 Å². The number of hydrogen-bond acceptors (Lipinski definition) is 4. The summed E-state index contributed by atoms with van der Waals surface area (Å²) in [6, 6.07) is 1.79. The second-order valence-electron chi connectivity index (χ2n) is 2.21. The Bertz CT molecular complexity index is 225. The maximum absolute atomic E-state index is 5.23. The van der Waals surface area contributed by atoms with Crippen molar-refractivity contribution in [1.29, 1.82) is 0 Å². The molecule has 0 aliphatic carbocycles. The summed E-state index contributed by atoms with van der Waals surface area (Å²) in [5, 5.41) is 0. The monoisotopic (exact) mass is 150 g/mol. The van der Waals surface area contributed by atoms with Gasteiger partial charge < -0.3 is 9.31 Å². The van der Waals surface area contributed by atoms with E-state index in [0.717, 1.165) is 5.59 Å². The van der Waals surface area contributed by atoms with Crippen LogP contribution < -0.4 is 5.59 Å². The van der Waals surface area contributed by atoms with Crippen LogP contribution in [0.25, 0.3) is 0 Å². The minimum Gasteiger partial charge on any atom is -0.404 e. The van der Waals surface area contributed by atoms with Gasteiger partial charge in [0.05, 0.1) is 18.8 Å². The minimum absolute atomic E-state index is 0.280. The molecule has 5 heteroatoms. The molecule has 2 heterocycles. The molecule has 11 heavy (non-hydrogen) atoms. The van der Waals surface area contributed by atoms with Gasteiger partial charge >= 0.3 is 7.12 Å². The van der Waals surface area contributed by atoms with E-state index >= 15 is 0 Å². The molecule has 0 radical (unpaired) electrons. The first-order valence-electron chi connectivity index (χ1n) is 3.46. The molecule has 0 spiro atoms. The zero-order valence-electron chi connectivity index (χ0n) is 5.93. The predicted octanol–water partition coefficient (Wildman–Crippen LogP) is -0.781. The van der Waals surface area contributed by atoms with Crippen molar-refractivity contribution in [3.63, 3.8) is 0 Å². The number of nitrogens with zero attached hydrogens (tertiary/aromatic N) is 2. The molecule has 56 valence electrons. The summed E-state index contributed by atoms with van der Waals surface area (Å²) in [6.07, 6.45) is 3.16. The SMILES string of the molecule is c1cc(B2OCCO2)ncn1. The third-order valence-electron chi connectivity index (χ3n) is 1.47. The molecule has 0 N–H and O–H groups in total. The number of hydrogen-bond donors (Lipinski definition) is 0. The highest BCUT2D eigenvalue weighted by atomic mass is 16.6. The molecule has 0 amide bonds. The molecular formula is C6H7BN2O2. The van der Waals surface area contributed by atoms with Crippen molar-refractivity contribution in [2.45, 2.75) is 0 Å². The average molecular weight is 150 g/mol. The molecule has 0 saturated carbocycles. The lowest BCUT2D eigenvalue weighted by molar-refractivity contribution is 0.365. The van der Waals surface area contributed by atoms with Crippen molar-refractivity contribution in [1.82, 2.24) is 9.97 Å². The quantitative estimate of drug-likeness (QED) is 0.492. The molecule has 4 nitrogen and oxygen atoms in total. The first kappa shape index (κ1) is 6.76. The van der Waals surface area contributed by atoms with E-state index in [1.807, 2.05) is 0 Å². The highest BCUT2D eigenvalue weighted by molar-refractivity contribution is 6.60. The van der Waals surface area contributed by atoms with Gasteiger partial charge in [0, 0.05) is 6.20 Å². The zero-order valence-corrected chi connectivity index (χ0v) is 5.93. The topological polar surface area (TPSA) is 44.2 Å². The lowest BCUT2D eigenvalue weighted by Gasteiger charge is -1.99. The Morgan fingerprint density at radius 1 is 1.36 bits per heavy atom. The fourth-order valence-corrected chi connectivity index (χ4v) is 0.970. The summed E-state index contributed by atoms with van der Waals surface area (Å²) in [5.74, 6) is 0. The summed E-state index contributed by atoms with van der Waals surface area (Å²) >= 11 is 0. The molecular weight excluding hydrogens is 143 g/mol. The lowest BCUT2D eigenvalue weighted by Crippen LogP contribution is -2.34. The van der Waals surface area contributed by atoms with Crippen LogP contribution in [0.1, 0.15) is 0 Å². The van der Waals surface area contributed by atoms with Gasteiger partial charge in [-0.05, 0) is 6.07 Å². The van der Waals surface area contributed by atoms with Gasteiger partial charge in [-0.3, -0.25) is 0 Å². The Morgan fingerprint density at radius 3 is 2.82 bits per heavy atom. The number of rotatable bonds is 1. The minimum atomic E-state index is -0.280. The van der Waals surface area contributed by atoms with E-state index in [1.54, 1.807) is 12.3 Å². The van der Waals surface area contributed by atoms with Crippen LogP contribution in [0, 0.1) is 0 Å². The zero-order chi connectivity index (χ0) is 7.52. The Balaban J connectivity index is 2.16. The molecule has 0 unspecified atom stereocenters. The third-order valence-corrected chi connectivity index (χ3v) is 1.47. The van der Waals surface area contributed by atoms with Gasteiger partial charge in [-0.1, -0.05) is 0 Å². The van der Waals surface area contributed by atoms with Crippen LogP contribution in [0.15, 0.2) is 18.6 Å². The molecule has 1 fully saturated rings. The van der Waals surface area contributed by atoms with Gasteiger partial charge in [0.15, 0.2) is 0 Å². The highest BCUT2D eigenvalue weighted by Gasteiger charge is 2.27. The first-order valence-corrected chi connectivity index (χ1v) is 3.46. The maximum Gasteiger partial charge on any atom is 0.513 e. The van der Waals surface area contributed by atoms with Crippen molar-refractivity contribution in [3.8, 4) is 0 Å². The van der Waals surface area contributed by atoms with E-state index < -0.39 is 0 Å². The Hall–Kier alpha value is -0.935. The molecule has 1 saturated heterocycles. The molecule has 0 atom stereocenters. The summed E-state index contributed by atoms with van der Waals surface area (Å²) in [5.41, 5.74) is 0.789. The van der Waals surface area contributed by atoms with E-state index in [2.05, 4.69) is 9.97 Å². The van der Waals surface area contributed by atoms with Crippen LogP contribution in [-0.4, -0.2) is 30.3 Å². The predicted molar refractivity (Wildman–Crippen MR) is 39.3 cm³/mol. The van der Waals surface area contributed by atoms with Crippen LogP contribution in [0.3, 0.4) is 0 Å². The molecule has 1 aromatic rings. The van der Waals surface area contributed by atoms with E-state index in [1.165, 1.54) is 6.33 Å². The van der Waals surface area contributed by atoms with Crippen LogP contribution in [0.4, 0.5) is 0 Å². The van der Waals surface area contributed by atoms with Crippen LogP contribution in [-0.2, 0) is 9.31 Å². The Morgan fingerprint density at radius 2 is 2.18 bits per heavy atom. The fraction of sp³-hybridized carbons (Fsp3) is 0.333. The lowest BCUT2D eigenvalue weighted by atomic mass is 9.85. The van der Waals surface area contributed by atoms with E-state index in [9.17, 15) is 0 Å². The molecule has 1 aromatic heterocycles. The summed E-state index contributed by atoms with van der Waals surface area (Å²) in [7, 11) is -0.280. The van der Waals surface area contributed by atoms with Gasteiger partial charge in [-0.2, -0.15) is 0 Å². The summed E-state index contributed by atoms with van der Waals surface area (Å²) in [6.45, 7) is 1.29. The fourth-order valence-electron chi connectivity index (χ4n) is 0.970. The number of aromatic nitrogens is 2. The van der Waals surface area contributed by atoms with Gasteiger partial charge in [-0.15, -0.1) is 0 Å².